The summed E-state index contributed by atoms with van der Waals surface area (Å²) >= 11 is 1.38. The number of nitro groups is 1. The number of hydrogen-bond acceptors (Lipinski definition) is 7. The van der Waals surface area contributed by atoms with Gasteiger partial charge in [0.05, 0.1) is 17.2 Å². The van der Waals surface area contributed by atoms with E-state index in [4.69, 9.17) is 4.74 Å². The number of para-hydroxylation sites is 1. The zero-order chi connectivity index (χ0) is 27.0. The molecule has 1 amide bonds. The van der Waals surface area contributed by atoms with Crippen molar-refractivity contribution >= 4 is 40.4 Å². The first kappa shape index (κ1) is 25.5. The topological polar surface area (TPSA) is 107 Å². The number of non-ortho nitro benzene ring substituents is 1. The molecular weight excluding hydrogens is 511 g/mol. The number of benzene rings is 2. The molecule has 2 aliphatic rings. The zero-order valence-corrected chi connectivity index (χ0v) is 21.2. The van der Waals surface area contributed by atoms with Crippen LogP contribution in [0.5, 0.6) is 0 Å². The number of esters is 1. The predicted molar refractivity (Wildman–Crippen MR) is 138 cm³/mol. The maximum Gasteiger partial charge on any atom is 0.317 e. The molecule has 0 N–H and O–H groups in total. The lowest BCUT2D eigenvalue weighted by Gasteiger charge is -2.42. The monoisotopic (exact) mass is 534 g/mol. The van der Waals surface area contributed by atoms with Gasteiger partial charge < -0.3 is 4.74 Å². The Hall–Kier alpha value is -4.18. The fraction of sp³-hybridized carbons (Fsp3) is 0.250. The summed E-state index contributed by atoms with van der Waals surface area (Å²) < 4.78 is 20.3. The number of ketones is 1. The number of ether oxygens (including phenoxy) is 1. The molecule has 1 aliphatic carbocycles. The van der Waals surface area contributed by atoms with Crippen molar-refractivity contribution in [2.75, 3.05) is 11.5 Å². The summed E-state index contributed by atoms with van der Waals surface area (Å²) in [6.45, 7) is 1.74. The van der Waals surface area contributed by atoms with Gasteiger partial charge in [0, 0.05) is 46.5 Å². The molecule has 2 heterocycles. The van der Waals surface area contributed by atoms with Crippen molar-refractivity contribution in [3.8, 4) is 0 Å². The molecule has 38 heavy (non-hydrogen) atoms. The van der Waals surface area contributed by atoms with Crippen LogP contribution in [0.15, 0.2) is 77.3 Å². The standard InChI is InChI=1S/C28H23FN2O6S/c1-2-37-28(34)26-19(23-11-6-12-38-23)14-22-25(27(26)33)18(16-7-5-8-17(13-16)31(35)36)15-24(32)30(22)21-10-4-3-9-20(21)29/h3-13,18-19,26H,2,14-15H2,1H3/t18-,19+,26+/m0/s1. The van der Waals surface area contributed by atoms with Crippen molar-refractivity contribution in [3.05, 3.63) is 104 Å². The van der Waals surface area contributed by atoms with Gasteiger partial charge in [-0.2, -0.15) is 0 Å². The van der Waals surface area contributed by atoms with Gasteiger partial charge in [-0.25, -0.2) is 4.39 Å². The number of thiophene rings is 1. The summed E-state index contributed by atoms with van der Waals surface area (Å²) in [5.41, 5.74) is 0.704. The molecule has 0 fully saturated rings. The largest absolute Gasteiger partial charge is 0.465 e. The number of nitro benzene ring substituents is 1. The van der Waals surface area contributed by atoms with Gasteiger partial charge in [-0.15, -0.1) is 11.3 Å². The fourth-order valence-corrected chi connectivity index (χ4v) is 6.22. The molecule has 0 radical (unpaired) electrons. The second-order valence-electron chi connectivity index (χ2n) is 9.07. The minimum Gasteiger partial charge on any atom is -0.465 e. The van der Waals surface area contributed by atoms with Gasteiger partial charge in [-0.3, -0.25) is 29.4 Å². The average Bonchev–Trinajstić information content (AvgIpc) is 3.44. The van der Waals surface area contributed by atoms with E-state index in [1.807, 2.05) is 17.5 Å². The Kier molecular flexibility index (Phi) is 6.90. The number of Topliss-reactive ketones (excluding diaryl/α,β-unsaturated/α-hetero) is 1. The Morgan fingerprint density at radius 1 is 1.13 bits per heavy atom. The number of nitrogens with zero attached hydrogens (tertiary/aromatic N) is 2. The maximum atomic E-state index is 15.0. The number of rotatable bonds is 6. The van der Waals surface area contributed by atoms with Crippen LogP contribution < -0.4 is 4.90 Å². The van der Waals surface area contributed by atoms with Gasteiger partial charge >= 0.3 is 5.97 Å². The van der Waals surface area contributed by atoms with Crippen LogP contribution in [0, 0.1) is 21.8 Å². The quantitative estimate of drug-likeness (QED) is 0.179. The van der Waals surface area contributed by atoms with E-state index >= 15 is 0 Å². The van der Waals surface area contributed by atoms with Crippen LogP contribution in [0.2, 0.25) is 0 Å². The number of anilines is 1. The van der Waals surface area contributed by atoms with Gasteiger partial charge in [-0.05, 0) is 42.5 Å². The SMILES string of the molecule is CCOC(=O)[C@H]1C(=O)C2=C(C[C@@H]1c1cccs1)N(c1ccccc1F)C(=O)C[C@H]2c1cccc([N+](=O)[O-])c1. The second kappa shape index (κ2) is 10.3. The van der Waals surface area contributed by atoms with Crippen LogP contribution in [-0.2, 0) is 19.1 Å². The second-order valence-corrected chi connectivity index (χ2v) is 10.0. The number of allylic oxidation sites excluding steroid dienone is 2. The molecule has 3 atom stereocenters. The molecule has 0 bridgehead atoms. The highest BCUT2D eigenvalue weighted by atomic mass is 32.1. The summed E-state index contributed by atoms with van der Waals surface area (Å²) in [6.07, 6.45) is -0.115. The summed E-state index contributed by atoms with van der Waals surface area (Å²) in [7, 11) is 0. The van der Waals surface area contributed by atoms with Crippen molar-refractivity contribution in [2.45, 2.75) is 31.6 Å². The number of carbonyl (C=O) groups is 3. The van der Waals surface area contributed by atoms with E-state index in [0.717, 1.165) is 4.88 Å². The maximum absolute atomic E-state index is 15.0. The van der Waals surface area contributed by atoms with Crippen molar-refractivity contribution in [3.63, 3.8) is 0 Å². The Morgan fingerprint density at radius 2 is 1.92 bits per heavy atom. The van der Waals surface area contributed by atoms with Crippen LogP contribution in [0.3, 0.4) is 0 Å². The summed E-state index contributed by atoms with van der Waals surface area (Å²) in [5, 5.41) is 13.3. The third-order valence-electron chi connectivity index (χ3n) is 6.95. The van der Waals surface area contributed by atoms with Crippen LogP contribution >= 0.6 is 11.3 Å². The van der Waals surface area contributed by atoms with Gasteiger partial charge in [0.2, 0.25) is 5.91 Å². The van der Waals surface area contributed by atoms with Crippen LogP contribution in [0.4, 0.5) is 15.8 Å². The van der Waals surface area contributed by atoms with Crippen LogP contribution in [0.1, 0.15) is 42.0 Å². The molecule has 0 unspecified atom stereocenters. The van der Waals surface area contributed by atoms with Gasteiger partial charge in [0.15, 0.2) is 5.78 Å². The molecule has 0 spiro atoms. The Balaban J connectivity index is 1.74. The van der Waals surface area contributed by atoms with Crippen molar-refractivity contribution in [2.24, 2.45) is 5.92 Å². The lowest BCUT2D eigenvalue weighted by Crippen LogP contribution is -2.46. The van der Waals surface area contributed by atoms with Crippen LogP contribution in [-0.4, -0.2) is 29.2 Å². The molecule has 1 aliphatic heterocycles. The Morgan fingerprint density at radius 3 is 2.61 bits per heavy atom. The minimum absolute atomic E-state index is 0.00908. The average molecular weight is 535 g/mol. The number of halogens is 1. The smallest absolute Gasteiger partial charge is 0.317 e. The molecule has 1 aromatic heterocycles. The van der Waals surface area contributed by atoms with E-state index in [2.05, 4.69) is 0 Å². The summed E-state index contributed by atoms with van der Waals surface area (Å²) in [4.78, 5) is 53.9. The molecule has 2 aromatic carbocycles. The van der Waals surface area contributed by atoms with Crippen molar-refractivity contribution < 1.29 is 28.4 Å². The summed E-state index contributed by atoms with van der Waals surface area (Å²) in [5.74, 6) is -4.89. The molecule has 3 aromatic rings. The molecule has 10 heteroatoms. The van der Waals surface area contributed by atoms with Gasteiger partial charge in [0.25, 0.3) is 5.69 Å². The number of hydrogen-bond donors (Lipinski definition) is 0. The molecule has 5 rings (SSSR count). The molecule has 0 saturated heterocycles. The highest BCUT2D eigenvalue weighted by Gasteiger charge is 2.50. The first-order chi connectivity index (χ1) is 18.3. The zero-order valence-electron chi connectivity index (χ0n) is 20.3. The lowest BCUT2D eigenvalue weighted by atomic mass is 9.69. The third kappa shape index (κ3) is 4.41. The Labute approximate surface area is 221 Å². The van der Waals surface area contributed by atoms with Crippen LogP contribution in [0.25, 0.3) is 0 Å². The number of amides is 1. The van der Waals surface area contributed by atoms with Crippen molar-refractivity contribution in [1.82, 2.24) is 0 Å². The van der Waals surface area contributed by atoms with Gasteiger partial charge in [0.1, 0.15) is 11.7 Å². The molecule has 0 saturated carbocycles. The van der Waals surface area contributed by atoms with E-state index in [0.29, 0.717) is 11.3 Å². The van der Waals surface area contributed by atoms with E-state index < -0.39 is 46.2 Å². The van der Waals surface area contributed by atoms with Crippen molar-refractivity contribution in [1.29, 1.82) is 0 Å². The first-order valence-corrected chi connectivity index (χ1v) is 13.0. The molecule has 8 nitrogen and oxygen atoms in total. The first-order valence-electron chi connectivity index (χ1n) is 12.1. The highest BCUT2D eigenvalue weighted by Crippen LogP contribution is 2.50. The third-order valence-corrected chi connectivity index (χ3v) is 7.95. The lowest BCUT2D eigenvalue weighted by molar-refractivity contribution is -0.384. The minimum atomic E-state index is -1.16. The van der Waals surface area contributed by atoms with E-state index in [1.165, 1.54) is 52.6 Å². The molecular formula is C28H23FN2O6S. The Bertz CT molecular complexity index is 1470. The molecule has 194 valence electrons. The fourth-order valence-electron chi connectivity index (χ4n) is 5.35. The highest BCUT2D eigenvalue weighted by molar-refractivity contribution is 7.10. The number of carbonyl (C=O) groups excluding carboxylic acids is 3. The van der Waals surface area contributed by atoms with E-state index in [9.17, 15) is 28.9 Å². The van der Waals surface area contributed by atoms with E-state index in [-0.39, 0.29) is 36.4 Å². The van der Waals surface area contributed by atoms with Gasteiger partial charge in [-0.1, -0.05) is 30.3 Å². The van der Waals surface area contributed by atoms with E-state index in [1.54, 1.807) is 19.1 Å². The normalized spacial score (nSPS) is 21.3. The summed E-state index contributed by atoms with van der Waals surface area (Å²) in [6, 6.07) is 15.2. The predicted octanol–water partition coefficient (Wildman–Crippen LogP) is 5.51.